The molecule has 0 bridgehead atoms. The van der Waals surface area contributed by atoms with Crippen molar-refractivity contribution in [3.63, 3.8) is 0 Å². The quantitative estimate of drug-likeness (QED) is 0.545. The van der Waals surface area contributed by atoms with Gasteiger partial charge in [0.1, 0.15) is 0 Å². The molecule has 0 aromatic heterocycles. The van der Waals surface area contributed by atoms with Gasteiger partial charge in [-0.2, -0.15) is 4.31 Å². The van der Waals surface area contributed by atoms with Crippen LogP contribution in [0.25, 0.3) is 0 Å². The van der Waals surface area contributed by atoms with E-state index in [4.69, 9.17) is 17.3 Å². The van der Waals surface area contributed by atoms with Crippen LogP contribution in [-0.4, -0.2) is 18.6 Å². The van der Waals surface area contributed by atoms with Gasteiger partial charge in [-0.1, -0.05) is 61.0 Å². The highest BCUT2D eigenvalue weighted by Gasteiger charge is 2.31. The number of sulfonamides is 1. The molecule has 1 atom stereocenters. The molecule has 0 aliphatic carbocycles. The lowest BCUT2D eigenvalue weighted by atomic mass is 10.0. The van der Waals surface area contributed by atoms with E-state index in [9.17, 15) is 13.2 Å². The summed E-state index contributed by atoms with van der Waals surface area (Å²) in [5, 5.41) is 0.470. The fraction of sp³-hybridized carbons (Fsp3) is 0.174. The first-order valence-electron chi connectivity index (χ1n) is 9.54. The van der Waals surface area contributed by atoms with Gasteiger partial charge >= 0.3 is 0 Å². The van der Waals surface area contributed by atoms with Crippen molar-refractivity contribution in [2.45, 2.75) is 30.8 Å². The van der Waals surface area contributed by atoms with Crippen molar-refractivity contribution >= 4 is 27.5 Å². The van der Waals surface area contributed by atoms with E-state index < -0.39 is 15.9 Å². The van der Waals surface area contributed by atoms with Crippen LogP contribution >= 0.6 is 11.6 Å². The van der Waals surface area contributed by atoms with Crippen molar-refractivity contribution in [3.8, 4) is 0 Å². The van der Waals surface area contributed by atoms with Crippen molar-refractivity contribution in [1.82, 2.24) is 4.31 Å². The minimum Gasteiger partial charge on any atom is -0.366 e. The molecule has 30 heavy (non-hydrogen) atoms. The van der Waals surface area contributed by atoms with Gasteiger partial charge in [0.2, 0.25) is 15.9 Å². The molecule has 0 radical (unpaired) electrons. The number of amides is 1. The monoisotopic (exact) mass is 442 g/mol. The average Bonchev–Trinajstić information content (AvgIpc) is 2.75. The lowest BCUT2D eigenvalue weighted by Gasteiger charge is -2.31. The summed E-state index contributed by atoms with van der Waals surface area (Å²) in [6, 6.07) is 22.0. The lowest BCUT2D eigenvalue weighted by molar-refractivity contribution is 0.1000. The minimum absolute atomic E-state index is 0.150. The van der Waals surface area contributed by atoms with E-state index in [1.165, 1.54) is 16.4 Å². The lowest BCUT2D eigenvalue weighted by Crippen LogP contribution is -2.34. The summed E-state index contributed by atoms with van der Waals surface area (Å²) in [6.07, 6.45) is 0.593. The summed E-state index contributed by atoms with van der Waals surface area (Å²) < 4.78 is 28.7. The Morgan fingerprint density at radius 1 is 0.967 bits per heavy atom. The van der Waals surface area contributed by atoms with E-state index in [2.05, 4.69) is 0 Å². The Labute approximate surface area is 182 Å². The first-order valence-corrected chi connectivity index (χ1v) is 11.4. The largest absolute Gasteiger partial charge is 0.366 e. The Balaban J connectivity index is 2.05. The number of carbonyl (C=O) groups is 1. The van der Waals surface area contributed by atoms with E-state index >= 15 is 0 Å². The third-order valence-corrected chi connectivity index (χ3v) is 7.04. The number of carbonyl (C=O) groups excluding carboxylic acids is 1. The molecular formula is C23H23ClN2O3S. The maximum Gasteiger partial charge on any atom is 0.248 e. The molecule has 0 unspecified atom stereocenters. The van der Waals surface area contributed by atoms with Gasteiger partial charge in [-0.3, -0.25) is 4.79 Å². The molecule has 0 saturated carbocycles. The zero-order valence-electron chi connectivity index (χ0n) is 16.5. The van der Waals surface area contributed by atoms with Gasteiger partial charge in [-0.05, 0) is 53.9 Å². The SMILES string of the molecule is CC[C@@H](c1ccccc1)N(Cc1ccc(C(N)=O)cc1)S(=O)(=O)c1ccc(Cl)cc1. The molecule has 7 heteroatoms. The molecular weight excluding hydrogens is 420 g/mol. The van der Waals surface area contributed by atoms with Gasteiger partial charge in [-0.25, -0.2) is 8.42 Å². The third kappa shape index (κ3) is 4.90. The second-order valence-electron chi connectivity index (χ2n) is 6.90. The summed E-state index contributed by atoms with van der Waals surface area (Å²) >= 11 is 5.95. The molecule has 3 rings (SSSR count). The minimum atomic E-state index is -3.82. The molecule has 1 amide bonds. The maximum absolute atomic E-state index is 13.6. The van der Waals surface area contributed by atoms with Crippen LogP contribution < -0.4 is 5.73 Å². The second-order valence-corrected chi connectivity index (χ2v) is 9.23. The number of nitrogens with zero attached hydrogens (tertiary/aromatic N) is 1. The zero-order valence-corrected chi connectivity index (χ0v) is 18.1. The number of primary amides is 1. The van der Waals surface area contributed by atoms with Crippen LogP contribution in [0, 0.1) is 0 Å². The Kier molecular flexibility index (Phi) is 6.92. The Morgan fingerprint density at radius 3 is 2.10 bits per heavy atom. The van der Waals surface area contributed by atoms with Crippen LogP contribution in [0.5, 0.6) is 0 Å². The Morgan fingerprint density at radius 2 is 1.57 bits per heavy atom. The highest BCUT2D eigenvalue weighted by Crippen LogP contribution is 2.32. The van der Waals surface area contributed by atoms with Crippen LogP contribution in [-0.2, 0) is 16.6 Å². The van der Waals surface area contributed by atoms with E-state index in [0.717, 1.165) is 11.1 Å². The third-order valence-electron chi connectivity index (χ3n) is 4.92. The number of halogens is 1. The molecule has 0 saturated heterocycles. The van der Waals surface area contributed by atoms with Crippen LogP contribution in [0.2, 0.25) is 5.02 Å². The Bertz CT molecular complexity index is 1100. The number of nitrogens with two attached hydrogens (primary N) is 1. The molecule has 156 valence electrons. The van der Waals surface area contributed by atoms with Crippen molar-refractivity contribution in [2.24, 2.45) is 5.73 Å². The Hall–Kier alpha value is -2.67. The van der Waals surface area contributed by atoms with Gasteiger partial charge in [0, 0.05) is 17.1 Å². The van der Waals surface area contributed by atoms with E-state index in [1.807, 2.05) is 37.3 Å². The average molecular weight is 443 g/mol. The second kappa shape index (κ2) is 9.43. The van der Waals surface area contributed by atoms with Gasteiger partial charge < -0.3 is 5.73 Å². The van der Waals surface area contributed by atoms with Crippen molar-refractivity contribution in [1.29, 1.82) is 0 Å². The molecule has 0 spiro atoms. The standard InChI is InChI=1S/C23H23ClN2O3S/c1-2-22(18-6-4-3-5-7-18)26(16-17-8-10-19(11-9-17)23(25)27)30(28,29)21-14-12-20(24)13-15-21/h3-15,22H,2,16H2,1H3,(H2,25,27)/t22-/m0/s1. The predicted molar refractivity (Wildman–Crippen MR) is 119 cm³/mol. The van der Waals surface area contributed by atoms with Crippen LogP contribution in [0.4, 0.5) is 0 Å². The van der Waals surface area contributed by atoms with Crippen molar-refractivity contribution < 1.29 is 13.2 Å². The van der Waals surface area contributed by atoms with Crippen molar-refractivity contribution in [2.75, 3.05) is 0 Å². The molecule has 3 aromatic rings. The summed E-state index contributed by atoms with van der Waals surface area (Å²) in [7, 11) is -3.82. The fourth-order valence-electron chi connectivity index (χ4n) is 3.34. The topological polar surface area (TPSA) is 80.5 Å². The summed E-state index contributed by atoms with van der Waals surface area (Å²) in [6.45, 7) is 2.11. The first kappa shape index (κ1) is 22.0. The van der Waals surface area contributed by atoms with E-state index in [1.54, 1.807) is 36.4 Å². The highest BCUT2D eigenvalue weighted by atomic mass is 35.5. The molecule has 3 aromatic carbocycles. The summed E-state index contributed by atoms with van der Waals surface area (Å²) in [4.78, 5) is 11.5. The zero-order chi connectivity index (χ0) is 21.7. The van der Waals surface area contributed by atoms with Crippen LogP contribution in [0.1, 0.15) is 40.9 Å². The van der Waals surface area contributed by atoms with E-state index in [-0.39, 0.29) is 17.5 Å². The highest BCUT2D eigenvalue weighted by molar-refractivity contribution is 7.89. The van der Waals surface area contributed by atoms with Crippen LogP contribution in [0.3, 0.4) is 0 Å². The first-order chi connectivity index (χ1) is 14.3. The number of benzene rings is 3. The van der Waals surface area contributed by atoms with E-state index in [0.29, 0.717) is 17.0 Å². The number of hydrogen-bond acceptors (Lipinski definition) is 3. The number of rotatable bonds is 8. The predicted octanol–water partition coefficient (Wildman–Crippen LogP) is 4.78. The maximum atomic E-state index is 13.6. The fourth-order valence-corrected chi connectivity index (χ4v) is 5.14. The van der Waals surface area contributed by atoms with Gasteiger partial charge in [-0.15, -0.1) is 0 Å². The molecule has 0 aliphatic rings. The number of hydrogen-bond donors (Lipinski definition) is 1. The van der Waals surface area contributed by atoms with Crippen LogP contribution in [0.15, 0.2) is 83.8 Å². The van der Waals surface area contributed by atoms with Crippen molar-refractivity contribution in [3.05, 3.63) is 101 Å². The van der Waals surface area contributed by atoms with Gasteiger partial charge in [0.15, 0.2) is 0 Å². The molecule has 5 nitrogen and oxygen atoms in total. The molecule has 0 aliphatic heterocycles. The smallest absolute Gasteiger partial charge is 0.248 e. The van der Waals surface area contributed by atoms with Gasteiger partial charge in [0.05, 0.1) is 10.9 Å². The normalized spacial score (nSPS) is 12.6. The summed E-state index contributed by atoms with van der Waals surface area (Å²) in [5.74, 6) is -0.525. The van der Waals surface area contributed by atoms with Gasteiger partial charge in [0.25, 0.3) is 0 Å². The summed E-state index contributed by atoms with van der Waals surface area (Å²) in [5.41, 5.74) is 7.35. The molecule has 2 N–H and O–H groups in total. The molecule has 0 fully saturated rings. The molecule has 0 heterocycles.